The number of rotatable bonds is 3. The number of carbonyl (C=O) groups is 1. The molecule has 3 heterocycles. The number of aromatic nitrogens is 1. The van der Waals surface area contributed by atoms with Gasteiger partial charge in [0.1, 0.15) is 0 Å². The van der Waals surface area contributed by atoms with E-state index in [1.807, 2.05) is 23.1 Å². The van der Waals surface area contributed by atoms with Crippen molar-refractivity contribution in [3.05, 3.63) is 60.4 Å². The highest BCUT2D eigenvalue weighted by Gasteiger charge is 2.44. The van der Waals surface area contributed by atoms with Crippen molar-refractivity contribution in [3.8, 4) is 0 Å². The minimum absolute atomic E-state index is 0.0731. The number of benzene rings is 1. The Labute approximate surface area is 154 Å². The highest BCUT2D eigenvalue weighted by molar-refractivity contribution is 5.93. The summed E-state index contributed by atoms with van der Waals surface area (Å²) in [5.41, 5.74) is 1.80. The summed E-state index contributed by atoms with van der Waals surface area (Å²) < 4.78 is 6.28. The second-order valence-electron chi connectivity index (χ2n) is 7.33. The van der Waals surface area contributed by atoms with Gasteiger partial charge in [0.05, 0.1) is 23.8 Å². The van der Waals surface area contributed by atoms with E-state index in [2.05, 4.69) is 41.2 Å². The molecule has 1 aromatic carbocycles. The minimum Gasteiger partial charge on any atom is -0.373 e. The van der Waals surface area contributed by atoms with Gasteiger partial charge in [0.2, 0.25) is 0 Å². The number of carbonyl (C=O) groups excluding carboxylic acids is 1. The number of para-hydroxylation sites is 1. The van der Waals surface area contributed by atoms with Crippen LogP contribution in [0.25, 0.3) is 0 Å². The van der Waals surface area contributed by atoms with Crippen molar-refractivity contribution >= 4 is 11.6 Å². The van der Waals surface area contributed by atoms with Gasteiger partial charge in [-0.15, -0.1) is 0 Å². The molecule has 5 nitrogen and oxygen atoms in total. The Morgan fingerprint density at radius 3 is 2.65 bits per heavy atom. The van der Waals surface area contributed by atoms with Gasteiger partial charge in [-0.05, 0) is 43.5 Å². The minimum atomic E-state index is -0.0839. The monoisotopic (exact) mass is 351 g/mol. The lowest BCUT2D eigenvalue weighted by atomic mass is 9.87. The van der Waals surface area contributed by atoms with Crippen molar-refractivity contribution in [2.45, 2.75) is 30.9 Å². The van der Waals surface area contributed by atoms with Crippen LogP contribution in [0, 0.1) is 0 Å². The molecule has 2 aromatic rings. The molecule has 0 N–H and O–H groups in total. The molecule has 2 aliphatic rings. The fourth-order valence-corrected chi connectivity index (χ4v) is 4.08. The van der Waals surface area contributed by atoms with E-state index in [-0.39, 0.29) is 11.5 Å². The summed E-state index contributed by atoms with van der Waals surface area (Å²) in [4.78, 5) is 20.9. The molecule has 0 radical (unpaired) electrons. The summed E-state index contributed by atoms with van der Waals surface area (Å²) >= 11 is 0. The molecule has 5 heteroatoms. The molecular formula is C21H25N3O2. The van der Waals surface area contributed by atoms with Crippen LogP contribution in [-0.2, 0) is 4.74 Å². The van der Waals surface area contributed by atoms with Gasteiger partial charge in [-0.25, -0.2) is 0 Å². The molecule has 0 saturated carbocycles. The number of hydrogen-bond donors (Lipinski definition) is 0. The highest BCUT2D eigenvalue weighted by Crippen LogP contribution is 2.38. The standard InChI is InChI=1S/C21H25N3O2/c1-23(18-7-3-2-4-8-18)19-14-21(26-16-19)9-12-24(13-10-21)20(25)17-6-5-11-22-15-17/h2-8,11,15,19H,9-10,12-14,16H2,1H3. The van der Waals surface area contributed by atoms with Crippen LogP contribution in [0.4, 0.5) is 5.69 Å². The molecule has 0 bridgehead atoms. The Balaban J connectivity index is 1.37. The van der Waals surface area contributed by atoms with E-state index in [0.29, 0.717) is 11.6 Å². The summed E-state index contributed by atoms with van der Waals surface area (Å²) in [7, 11) is 2.14. The third kappa shape index (κ3) is 3.31. The SMILES string of the molecule is CN(c1ccccc1)C1COC2(CCN(C(=O)c3cccnc3)CC2)C1. The van der Waals surface area contributed by atoms with Crippen LogP contribution >= 0.6 is 0 Å². The molecule has 1 unspecified atom stereocenters. The first-order valence-electron chi connectivity index (χ1n) is 9.28. The van der Waals surface area contributed by atoms with E-state index in [4.69, 9.17) is 4.74 Å². The van der Waals surface area contributed by atoms with E-state index >= 15 is 0 Å². The third-order valence-corrected chi connectivity index (χ3v) is 5.77. The summed E-state index contributed by atoms with van der Waals surface area (Å²) in [5, 5.41) is 0. The fraction of sp³-hybridized carbons (Fsp3) is 0.429. The van der Waals surface area contributed by atoms with Crippen molar-refractivity contribution in [1.82, 2.24) is 9.88 Å². The number of likely N-dealkylation sites (N-methyl/N-ethyl adjacent to an activating group) is 1. The van der Waals surface area contributed by atoms with Crippen molar-refractivity contribution in [1.29, 1.82) is 0 Å². The van der Waals surface area contributed by atoms with Crippen LogP contribution in [0.5, 0.6) is 0 Å². The zero-order chi connectivity index (χ0) is 18.0. The molecule has 2 aliphatic heterocycles. The number of likely N-dealkylation sites (tertiary alicyclic amines) is 1. The average Bonchev–Trinajstić information content (AvgIpc) is 3.12. The molecule has 136 valence electrons. The van der Waals surface area contributed by atoms with Gasteiger partial charge in [0, 0.05) is 38.2 Å². The van der Waals surface area contributed by atoms with E-state index in [9.17, 15) is 4.79 Å². The Morgan fingerprint density at radius 2 is 1.96 bits per heavy atom. The maximum absolute atomic E-state index is 12.6. The smallest absolute Gasteiger partial charge is 0.255 e. The predicted octanol–water partition coefficient (Wildman–Crippen LogP) is 2.98. The zero-order valence-corrected chi connectivity index (χ0v) is 15.2. The van der Waals surface area contributed by atoms with Gasteiger partial charge in [0.25, 0.3) is 5.91 Å². The molecule has 2 saturated heterocycles. The van der Waals surface area contributed by atoms with Crippen molar-refractivity contribution in [3.63, 3.8) is 0 Å². The first kappa shape index (κ1) is 17.0. The number of amides is 1. The van der Waals surface area contributed by atoms with Gasteiger partial charge in [-0.2, -0.15) is 0 Å². The Hall–Kier alpha value is -2.40. The number of piperidine rings is 1. The first-order valence-corrected chi connectivity index (χ1v) is 9.28. The summed E-state index contributed by atoms with van der Waals surface area (Å²) in [6.07, 6.45) is 6.16. The highest BCUT2D eigenvalue weighted by atomic mass is 16.5. The fourth-order valence-electron chi connectivity index (χ4n) is 4.08. The molecule has 0 aliphatic carbocycles. The maximum Gasteiger partial charge on any atom is 0.255 e. The number of ether oxygens (including phenoxy) is 1. The lowest BCUT2D eigenvalue weighted by Gasteiger charge is -2.39. The van der Waals surface area contributed by atoms with E-state index < -0.39 is 0 Å². The number of hydrogen-bond acceptors (Lipinski definition) is 4. The maximum atomic E-state index is 12.6. The van der Waals surface area contributed by atoms with Crippen LogP contribution in [0.3, 0.4) is 0 Å². The zero-order valence-electron chi connectivity index (χ0n) is 15.2. The lowest BCUT2D eigenvalue weighted by Crippen LogP contribution is -2.47. The summed E-state index contributed by atoms with van der Waals surface area (Å²) in [5.74, 6) is 0.0731. The molecule has 4 rings (SSSR count). The second kappa shape index (κ2) is 7.08. The van der Waals surface area contributed by atoms with Crippen LogP contribution in [0.1, 0.15) is 29.6 Å². The Bertz CT molecular complexity index is 742. The number of pyridine rings is 1. The molecule has 1 atom stereocenters. The molecular weight excluding hydrogens is 326 g/mol. The normalized spacial score (nSPS) is 21.7. The molecule has 26 heavy (non-hydrogen) atoms. The molecule has 1 spiro atoms. The van der Waals surface area contributed by atoms with E-state index in [1.54, 1.807) is 12.4 Å². The molecule has 2 fully saturated rings. The lowest BCUT2D eigenvalue weighted by molar-refractivity contribution is -0.0388. The third-order valence-electron chi connectivity index (χ3n) is 5.77. The van der Waals surface area contributed by atoms with Gasteiger partial charge in [-0.1, -0.05) is 18.2 Å². The number of anilines is 1. The summed E-state index contributed by atoms with van der Waals surface area (Å²) in [6, 6.07) is 14.5. The average molecular weight is 351 g/mol. The van der Waals surface area contributed by atoms with Crippen LogP contribution < -0.4 is 4.90 Å². The van der Waals surface area contributed by atoms with Crippen LogP contribution in [0.15, 0.2) is 54.9 Å². The number of nitrogens with zero attached hydrogens (tertiary/aromatic N) is 3. The van der Waals surface area contributed by atoms with Gasteiger partial charge in [0.15, 0.2) is 0 Å². The summed E-state index contributed by atoms with van der Waals surface area (Å²) in [6.45, 7) is 2.24. The van der Waals surface area contributed by atoms with Crippen molar-refractivity contribution in [2.75, 3.05) is 31.6 Å². The van der Waals surface area contributed by atoms with Crippen molar-refractivity contribution in [2.24, 2.45) is 0 Å². The Morgan fingerprint density at radius 1 is 1.19 bits per heavy atom. The molecule has 1 aromatic heterocycles. The Kier molecular flexibility index (Phi) is 4.64. The van der Waals surface area contributed by atoms with E-state index in [1.165, 1.54) is 5.69 Å². The largest absolute Gasteiger partial charge is 0.373 e. The van der Waals surface area contributed by atoms with Crippen LogP contribution in [-0.4, -0.2) is 54.2 Å². The van der Waals surface area contributed by atoms with Gasteiger partial charge in [-0.3, -0.25) is 9.78 Å². The van der Waals surface area contributed by atoms with Crippen molar-refractivity contribution < 1.29 is 9.53 Å². The molecule has 1 amide bonds. The topological polar surface area (TPSA) is 45.7 Å². The van der Waals surface area contributed by atoms with Gasteiger partial charge < -0.3 is 14.5 Å². The predicted molar refractivity (Wildman–Crippen MR) is 101 cm³/mol. The van der Waals surface area contributed by atoms with E-state index in [0.717, 1.165) is 39.0 Å². The first-order chi connectivity index (χ1) is 12.7. The van der Waals surface area contributed by atoms with Gasteiger partial charge >= 0.3 is 0 Å². The second-order valence-corrected chi connectivity index (χ2v) is 7.33. The quantitative estimate of drug-likeness (QED) is 0.853. The van der Waals surface area contributed by atoms with Crippen LogP contribution in [0.2, 0.25) is 0 Å².